The first-order chi connectivity index (χ1) is 12.9. The van der Waals surface area contributed by atoms with Gasteiger partial charge in [0.2, 0.25) is 0 Å². The Balaban J connectivity index is 2.09. The number of hydrogen-bond donors (Lipinski definition) is 0. The number of carbonyl (C=O) groups excluding carboxylic acids is 2. The molecular weight excluding hydrogens is 367 g/mol. The Hall–Kier alpha value is -2.46. The van der Waals surface area contributed by atoms with Crippen LogP contribution in [-0.4, -0.2) is 18.4 Å². The van der Waals surface area contributed by atoms with Crippen LogP contribution >= 0.6 is 11.6 Å². The molecule has 0 heterocycles. The smallest absolute Gasteiger partial charge is 0.317 e. The maximum Gasteiger partial charge on any atom is 0.317 e. The van der Waals surface area contributed by atoms with E-state index in [1.165, 1.54) is 18.2 Å². The van der Waals surface area contributed by atoms with E-state index < -0.39 is 23.6 Å². The number of esters is 1. The maximum atomic E-state index is 14.6. The summed E-state index contributed by atoms with van der Waals surface area (Å²) in [5.41, 5.74) is 2.90. The zero-order valence-corrected chi connectivity index (χ0v) is 15.9. The average molecular weight is 387 g/mol. The minimum absolute atomic E-state index is 0.148. The fourth-order valence-corrected chi connectivity index (χ4v) is 3.79. The molecule has 0 aliphatic heterocycles. The van der Waals surface area contributed by atoms with Crippen LogP contribution in [0.4, 0.5) is 4.39 Å². The summed E-state index contributed by atoms with van der Waals surface area (Å²) in [4.78, 5) is 25.3. The van der Waals surface area contributed by atoms with Gasteiger partial charge in [0, 0.05) is 16.5 Å². The van der Waals surface area contributed by atoms with Crippen LogP contribution in [0.3, 0.4) is 0 Å². The lowest BCUT2D eigenvalue weighted by Crippen LogP contribution is -2.34. The third-order valence-electron chi connectivity index (χ3n) is 4.80. The third-order valence-corrected chi connectivity index (χ3v) is 5.13. The summed E-state index contributed by atoms with van der Waals surface area (Å²) in [7, 11) is 0. The SMILES string of the molecule is CCOC(=O)[C@@H]1C(=O)C=C(c2ccc(C)cc2)C[C@@H]1c1c(F)cccc1Cl. The molecule has 2 aromatic rings. The van der Waals surface area contributed by atoms with Crippen molar-refractivity contribution in [2.75, 3.05) is 6.61 Å². The highest BCUT2D eigenvalue weighted by molar-refractivity contribution is 6.31. The molecule has 1 aliphatic carbocycles. The lowest BCUT2D eigenvalue weighted by atomic mass is 9.73. The number of halogens is 2. The second kappa shape index (κ2) is 8.05. The normalized spacial score (nSPS) is 19.6. The quantitative estimate of drug-likeness (QED) is 0.542. The van der Waals surface area contributed by atoms with Crippen LogP contribution in [-0.2, 0) is 14.3 Å². The van der Waals surface area contributed by atoms with Gasteiger partial charge in [0.1, 0.15) is 11.7 Å². The van der Waals surface area contributed by atoms with Crippen molar-refractivity contribution in [1.82, 2.24) is 0 Å². The molecule has 0 saturated carbocycles. The summed E-state index contributed by atoms with van der Waals surface area (Å²) in [6.45, 7) is 3.79. The molecule has 2 atom stereocenters. The minimum Gasteiger partial charge on any atom is -0.465 e. The fraction of sp³-hybridized carbons (Fsp3) is 0.273. The number of allylic oxidation sites excluding steroid dienone is 2. The van der Waals surface area contributed by atoms with Gasteiger partial charge in [-0.05, 0) is 49.6 Å². The van der Waals surface area contributed by atoms with E-state index >= 15 is 0 Å². The largest absolute Gasteiger partial charge is 0.465 e. The maximum absolute atomic E-state index is 14.6. The molecule has 2 aromatic carbocycles. The van der Waals surface area contributed by atoms with Gasteiger partial charge in [0.05, 0.1) is 6.61 Å². The molecule has 0 N–H and O–H groups in total. The third kappa shape index (κ3) is 3.96. The van der Waals surface area contributed by atoms with Gasteiger partial charge in [-0.25, -0.2) is 4.39 Å². The summed E-state index contributed by atoms with van der Waals surface area (Å²) in [5, 5.41) is 0.201. The van der Waals surface area contributed by atoms with E-state index in [9.17, 15) is 14.0 Å². The predicted molar refractivity (Wildman–Crippen MR) is 103 cm³/mol. The Labute approximate surface area is 162 Å². The van der Waals surface area contributed by atoms with Crippen LogP contribution < -0.4 is 0 Å². The monoisotopic (exact) mass is 386 g/mol. The standard InChI is InChI=1S/C22H20ClFO3/c1-3-27-22(26)21-16(20-17(23)5-4-6-18(20)24)11-15(12-19(21)25)14-9-7-13(2)8-10-14/h4-10,12,16,21H,3,11H2,1-2H3/t16-,21+/m1/s1. The van der Waals surface area contributed by atoms with Gasteiger partial charge in [0.15, 0.2) is 5.78 Å². The van der Waals surface area contributed by atoms with E-state index in [-0.39, 0.29) is 23.0 Å². The van der Waals surface area contributed by atoms with Crippen LogP contribution in [0.5, 0.6) is 0 Å². The Bertz CT molecular complexity index is 882. The number of rotatable bonds is 4. The van der Waals surface area contributed by atoms with Gasteiger partial charge < -0.3 is 4.74 Å². The first kappa shape index (κ1) is 19.3. The van der Waals surface area contributed by atoms with Crippen molar-refractivity contribution in [1.29, 1.82) is 0 Å². The molecule has 0 radical (unpaired) electrons. The Morgan fingerprint density at radius 1 is 1.22 bits per heavy atom. The summed E-state index contributed by atoms with van der Waals surface area (Å²) in [6, 6.07) is 12.1. The highest BCUT2D eigenvalue weighted by atomic mass is 35.5. The van der Waals surface area contributed by atoms with Crippen molar-refractivity contribution in [3.63, 3.8) is 0 Å². The number of carbonyl (C=O) groups is 2. The molecule has 27 heavy (non-hydrogen) atoms. The fourth-order valence-electron chi connectivity index (χ4n) is 3.49. The molecule has 0 bridgehead atoms. The Kier molecular flexibility index (Phi) is 5.76. The van der Waals surface area contributed by atoms with Crippen LogP contribution in [0.1, 0.15) is 36.0 Å². The lowest BCUT2D eigenvalue weighted by Gasteiger charge is -2.30. The van der Waals surface area contributed by atoms with Crippen molar-refractivity contribution in [3.8, 4) is 0 Å². The summed E-state index contributed by atoms with van der Waals surface area (Å²) in [5.74, 6) is -3.38. The second-order valence-electron chi connectivity index (χ2n) is 6.61. The number of ether oxygens (including phenoxy) is 1. The number of benzene rings is 2. The topological polar surface area (TPSA) is 43.4 Å². The van der Waals surface area contributed by atoms with E-state index in [1.54, 1.807) is 13.0 Å². The molecule has 0 aromatic heterocycles. The molecular formula is C22H20ClFO3. The second-order valence-corrected chi connectivity index (χ2v) is 7.02. The van der Waals surface area contributed by atoms with Gasteiger partial charge >= 0.3 is 5.97 Å². The zero-order valence-electron chi connectivity index (χ0n) is 15.2. The molecule has 1 aliphatic rings. The van der Waals surface area contributed by atoms with Gasteiger partial charge in [-0.15, -0.1) is 0 Å². The summed E-state index contributed by atoms with van der Waals surface area (Å²) < 4.78 is 19.7. The molecule has 0 saturated heterocycles. The van der Waals surface area contributed by atoms with Gasteiger partial charge in [-0.2, -0.15) is 0 Å². The molecule has 0 spiro atoms. The number of hydrogen-bond acceptors (Lipinski definition) is 3. The van der Waals surface area contributed by atoms with Crippen molar-refractivity contribution in [2.24, 2.45) is 5.92 Å². The molecule has 5 heteroatoms. The number of aryl methyl sites for hydroxylation is 1. The summed E-state index contributed by atoms with van der Waals surface area (Å²) in [6.07, 6.45) is 1.79. The van der Waals surface area contributed by atoms with Crippen LogP contribution in [0.25, 0.3) is 5.57 Å². The zero-order chi connectivity index (χ0) is 19.6. The van der Waals surface area contributed by atoms with Gasteiger partial charge in [-0.1, -0.05) is 47.5 Å². The van der Waals surface area contributed by atoms with E-state index in [4.69, 9.17) is 16.3 Å². The van der Waals surface area contributed by atoms with Gasteiger partial charge in [0.25, 0.3) is 0 Å². The van der Waals surface area contributed by atoms with Crippen molar-refractivity contribution < 1.29 is 18.7 Å². The van der Waals surface area contributed by atoms with Crippen molar-refractivity contribution in [3.05, 3.63) is 76.1 Å². The summed E-state index contributed by atoms with van der Waals surface area (Å²) >= 11 is 6.25. The highest BCUT2D eigenvalue weighted by Gasteiger charge is 2.41. The Morgan fingerprint density at radius 2 is 1.93 bits per heavy atom. The molecule has 0 fully saturated rings. The highest BCUT2D eigenvalue weighted by Crippen LogP contribution is 2.43. The van der Waals surface area contributed by atoms with Crippen LogP contribution in [0, 0.1) is 18.7 Å². The van der Waals surface area contributed by atoms with Crippen LogP contribution in [0.2, 0.25) is 5.02 Å². The molecule has 0 unspecified atom stereocenters. The van der Waals surface area contributed by atoms with E-state index in [1.807, 2.05) is 31.2 Å². The van der Waals surface area contributed by atoms with Crippen molar-refractivity contribution in [2.45, 2.75) is 26.2 Å². The van der Waals surface area contributed by atoms with E-state index in [2.05, 4.69) is 0 Å². The van der Waals surface area contributed by atoms with Gasteiger partial charge in [-0.3, -0.25) is 9.59 Å². The molecule has 0 amide bonds. The first-order valence-corrected chi connectivity index (χ1v) is 9.22. The van der Waals surface area contributed by atoms with E-state index in [0.29, 0.717) is 6.42 Å². The van der Waals surface area contributed by atoms with Crippen molar-refractivity contribution >= 4 is 28.9 Å². The molecule has 140 valence electrons. The molecule has 3 nitrogen and oxygen atoms in total. The Morgan fingerprint density at radius 3 is 2.56 bits per heavy atom. The number of ketones is 1. The average Bonchev–Trinajstić information content (AvgIpc) is 2.62. The minimum atomic E-state index is -1.10. The lowest BCUT2D eigenvalue weighted by molar-refractivity contribution is -0.151. The van der Waals surface area contributed by atoms with E-state index in [0.717, 1.165) is 16.7 Å². The van der Waals surface area contributed by atoms with Crippen LogP contribution in [0.15, 0.2) is 48.5 Å². The first-order valence-electron chi connectivity index (χ1n) is 8.84. The predicted octanol–water partition coefficient (Wildman–Crippen LogP) is 5.11. The molecule has 3 rings (SSSR count).